The molecule has 1 aromatic heterocycles. The van der Waals surface area contributed by atoms with Crippen LogP contribution in [-0.2, 0) is 5.41 Å². The third-order valence-corrected chi connectivity index (χ3v) is 11.3. The molecule has 1 unspecified atom stereocenters. The number of aromatic nitrogens is 3. The fraction of sp³-hybridized carbons (Fsp3) is 0.0192. The van der Waals surface area contributed by atoms with Gasteiger partial charge in [-0.15, -0.1) is 0 Å². The number of benzene rings is 8. The van der Waals surface area contributed by atoms with Crippen molar-refractivity contribution in [2.24, 2.45) is 0 Å². The van der Waals surface area contributed by atoms with Gasteiger partial charge in [-0.05, 0) is 87.0 Å². The van der Waals surface area contributed by atoms with Crippen LogP contribution in [0.4, 0.5) is 17.1 Å². The maximum atomic E-state index is 5.15. The first-order valence-electron chi connectivity index (χ1n) is 19.0. The predicted molar refractivity (Wildman–Crippen MR) is 227 cm³/mol. The van der Waals surface area contributed by atoms with Crippen LogP contribution in [0.5, 0.6) is 0 Å². The van der Waals surface area contributed by atoms with Crippen molar-refractivity contribution in [2.45, 2.75) is 5.41 Å². The summed E-state index contributed by atoms with van der Waals surface area (Å²) in [5.74, 6) is 1.94. The lowest BCUT2D eigenvalue weighted by Crippen LogP contribution is -2.26. The topological polar surface area (TPSA) is 41.9 Å². The Bertz CT molecular complexity index is 2800. The monoisotopic (exact) mass is 714 g/mol. The van der Waals surface area contributed by atoms with Gasteiger partial charge in [0.25, 0.3) is 0 Å². The third kappa shape index (κ3) is 4.89. The van der Waals surface area contributed by atoms with Gasteiger partial charge in [0.2, 0.25) is 0 Å². The van der Waals surface area contributed by atoms with Crippen LogP contribution in [0.15, 0.2) is 206 Å². The minimum Gasteiger partial charge on any atom is -0.310 e. The molecule has 2 aliphatic rings. The van der Waals surface area contributed by atoms with Crippen molar-refractivity contribution >= 4 is 17.1 Å². The highest BCUT2D eigenvalue weighted by molar-refractivity contribution is 5.97. The molecular formula is C52H34N4. The minimum absolute atomic E-state index is 0.569. The van der Waals surface area contributed by atoms with Crippen LogP contribution in [0.1, 0.15) is 22.3 Å². The number of fused-ring (bicyclic) bond motifs is 10. The van der Waals surface area contributed by atoms with E-state index in [1.165, 1.54) is 44.5 Å². The zero-order valence-corrected chi connectivity index (χ0v) is 30.4. The lowest BCUT2D eigenvalue weighted by Gasteiger charge is -2.32. The van der Waals surface area contributed by atoms with E-state index in [1.54, 1.807) is 0 Å². The SMILES string of the molecule is c1ccc(-c2nc(-c3ccccc3)nc(-c3ccc4c(c3)C3(c5ccccc5-4)c4ccccc4-c4ccc(N(c5ccccc5)c5ccccc5)cc43)n2)cc1. The van der Waals surface area contributed by atoms with E-state index in [0.717, 1.165) is 33.8 Å². The van der Waals surface area contributed by atoms with Crippen LogP contribution in [0.25, 0.3) is 56.4 Å². The Morgan fingerprint density at radius 2 is 0.679 bits per heavy atom. The molecular weight excluding hydrogens is 681 g/mol. The van der Waals surface area contributed by atoms with Gasteiger partial charge in [0, 0.05) is 33.8 Å². The molecule has 2 aliphatic carbocycles. The summed E-state index contributed by atoms with van der Waals surface area (Å²) in [5.41, 5.74) is 15.6. The van der Waals surface area contributed by atoms with Crippen LogP contribution in [0.3, 0.4) is 0 Å². The Kier molecular flexibility index (Phi) is 7.36. The first kappa shape index (κ1) is 32.0. The number of hydrogen-bond acceptors (Lipinski definition) is 4. The molecule has 1 heterocycles. The standard InChI is InChI=1S/C52H34N4/c1-5-17-35(18-6-1)49-53-50(36-19-7-2-8-20-36)55-51(54-49)37-29-31-43-41-25-13-15-27-45(41)52(47(43)33-37)46-28-16-14-26-42(46)44-32-30-40(34-48(44)52)56(38-21-9-3-10-22-38)39-23-11-4-12-24-39/h1-34H. The molecule has 0 bridgehead atoms. The van der Waals surface area contributed by atoms with E-state index < -0.39 is 5.41 Å². The fourth-order valence-electron chi connectivity index (χ4n) is 8.94. The summed E-state index contributed by atoms with van der Waals surface area (Å²) < 4.78 is 0. The Balaban J connectivity index is 1.17. The van der Waals surface area contributed by atoms with Gasteiger partial charge < -0.3 is 4.90 Å². The molecule has 262 valence electrons. The number of anilines is 3. The van der Waals surface area contributed by atoms with E-state index in [0.29, 0.717) is 17.5 Å². The van der Waals surface area contributed by atoms with E-state index in [-0.39, 0.29) is 0 Å². The Morgan fingerprint density at radius 3 is 1.20 bits per heavy atom. The summed E-state index contributed by atoms with van der Waals surface area (Å²) >= 11 is 0. The molecule has 0 saturated carbocycles. The summed E-state index contributed by atoms with van der Waals surface area (Å²) in [5, 5.41) is 0. The molecule has 9 aromatic rings. The summed E-state index contributed by atoms with van der Waals surface area (Å²) in [6.07, 6.45) is 0. The maximum Gasteiger partial charge on any atom is 0.164 e. The van der Waals surface area contributed by atoms with Crippen LogP contribution in [0.2, 0.25) is 0 Å². The number of rotatable bonds is 6. The first-order valence-corrected chi connectivity index (χ1v) is 19.0. The van der Waals surface area contributed by atoms with Gasteiger partial charge in [0.15, 0.2) is 17.5 Å². The normalized spacial score (nSPS) is 14.5. The fourth-order valence-corrected chi connectivity index (χ4v) is 8.94. The van der Waals surface area contributed by atoms with Crippen molar-refractivity contribution < 1.29 is 0 Å². The van der Waals surface area contributed by atoms with Gasteiger partial charge in [-0.1, -0.05) is 164 Å². The molecule has 0 saturated heterocycles. The highest BCUT2D eigenvalue weighted by Crippen LogP contribution is 2.63. The molecule has 1 spiro atoms. The van der Waals surface area contributed by atoms with Crippen molar-refractivity contribution in [1.82, 2.24) is 15.0 Å². The molecule has 0 radical (unpaired) electrons. The molecule has 4 nitrogen and oxygen atoms in total. The predicted octanol–water partition coefficient (Wildman–Crippen LogP) is 12.7. The first-order chi connectivity index (χ1) is 27.8. The lowest BCUT2D eigenvalue weighted by atomic mass is 9.70. The van der Waals surface area contributed by atoms with E-state index >= 15 is 0 Å². The minimum atomic E-state index is -0.569. The summed E-state index contributed by atoms with van der Waals surface area (Å²) in [4.78, 5) is 17.6. The molecule has 8 aromatic carbocycles. The number of para-hydroxylation sites is 2. The number of nitrogens with zero attached hydrogens (tertiary/aromatic N) is 4. The number of hydrogen-bond donors (Lipinski definition) is 0. The molecule has 56 heavy (non-hydrogen) atoms. The van der Waals surface area contributed by atoms with Gasteiger partial charge in [-0.3, -0.25) is 0 Å². The van der Waals surface area contributed by atoms with Crippen LogP contribution in [0, 0.1) is 0 Å². The molecule has 11 rings (SSSR count). The average molecular weight is 715 g/mol. The summed E-state index contributed by atoms with van der Waals surface area (Å²) in [7, 11) is 0. The quantitative estimate of drug-likeness (QED) is 0.172. The van der Waals surface area contributed by atoms with Crippen molar-refractivity contribution in [1.29, 1.82) is 0 Å². The van der Waals surface area contributed by atoms with E-state index in [2.05, 4.69) is 175 Å². The molecule has 0 aliphatic heterocycles. The molecule has 0 amide bonds. The highest BCUT2D eigenvalue weighted by Gasteiger charge is 2.52. The third-order valence-electron chi connectivity index (χ3n) is 11.3. The second kappa shape index (κ2) is 12.9. The Labute approximate surface area is 326 Å². The smallest absolute Gasteiger partial charge is 0.164 e. The van der Waals surface area contributed by atoms with Crippen molar-refractivity contribution in [2.75, 3.05) is 4.90 Å². The second-order valence-electron chi connectivity index (χ2n) is 14.4. The van der Waals surface area contributed by atoms with Crippen LogP contribution >= 0.6 is 0 Å². The highest BCUT2D eigenvalue weighted by atomic mass is 15.1. The van der Waals surface area contributed by atoms with Crippen LogP contribution in [-0.4, -0.2) is 15.0 Å². The molecule has 0 fully saturated rings. The van der Waals surface area contributed by atoms with Gasteiger partial charge >= 0.3 is 0 Å². The summed E-state index contributed by atoms with van der Waals surface area (Å²) in [6, 6.07) is 73.4. The van der Waals surface area contributed by atoms with E-state index in [9.17, 15) is 0 Å². The summed E-state index contributed by atoms with van der Waals surface area (Å²) in [6.45, 7) is 0. The molecule has 0 N–H and O–H groups in total. The average Bonchev–Trinajstić information content (AvgIpc) is 3.74. The van der Waals surface area contributed by atoms with Crippen molar-refractivity contribution in [3.8, 4) is 56.4 Å². The molecule has 1 atom stereocenters. The van der Waals surface area contributed by atoms with Crippen LogP contribution < -0.4 is 4.90 Å². The van der Waals surface area contributed by atoms with Crippen molar-refractivity contribution in [3.63, 3.8) is 0 Å². The Hall–Kier alpha value is -7.43. The van der Waals surface area contributed by atoms with E-state index in [1.807, 2.05) is 36.4 Å². The second-order valence-corrected chi connectivity index (χ2v) is 14.4. The maximum absolute atomic E-state index is 5.15. The zero-order valence-electron chi connectivity index (χ0n) is 30.4. The van der Waals surface area contributed by atoms with Gasteiger partial charge in [-0.25, -0.2) is 15.0 Å². The van der Waals surface area contributed by atoms with Gasteiger partial charge in [0.1, 0.15) is 0 Å². The van der Waals surface area contributed by atoms with Crippen molar-refractivity contribution in [3.05, 3.63) is 229 Å². The van der Waals surface area contributed by atoms with E-state index in [4.69, 9.17) is 15.0 Å². The molecule has 4 heteroatoms. The largest absolute Gasteiger partial charge is 0.310 e. The van der Waals surface area contributed by atoms with Gasteiger partial charge in [-0.2, -0.15) is 0 Å². The Morgan fingerprint density at radius 1 is 0.286 bits per heavy atom. The van der Waals surface area contributed by atoms with Gasteiger partial charge in [0.05, 0.1) is 5.41 Å². The lowest BCUT2D eigenvalue weighted by molar-refractivity contribution is 0.793. The zero-order chi connectivity index (χ0) is 37.1.